The van der Waals surface area contributed by atoms with Gasteiger partial charge < -0.3 is 9.47 Å². The van der Waals surface area contributed by atoms with Gasteiger partial charge in [-0.25, -0.2) is 0 Å². The lowest BCUT2D eigenvalue weighted by Crippen LogP contribution is -1.96. The highest BCUT2D eigenvalue weighted by atomic mass is 16.5. The van der Waals surface area contributed by atoms with Crippen LogP contribution < -0.4 is 9.47 Å². The molecule has 0 saturated heterocycles. The molecule has 78 valence electrons. The summed E-state index contributed by atoms with van der Waals surface area (Å²) in [4.78, 5) is 0. The van der Waals surface area contributed by atoms with Crippen molar-refractivity contribution in [2.24, 2.45) is 0 Å². The van der Waals surface area contributed by atoms with E-state index in [1.165, 1.54) is 0 Å². The maximum atomic E-state index is 8.78. The van der Waals surface area contributed by atoms with Crippen LogP contribution in [0.4, 0.5) is 0 Å². The maximum Gasteiger partial charge on any atom is 0.124 e. The molecule has 0 saturated carbocycles. The predicted octanol–water partition coefficient (Wildman–Crippen LogP) is 2.52. The predicted molar refractivity (Wildman–Crippen MR) is 58.0 cm³/mol. The van der Waals surface area contributed by atoms with Gasteiger partial charge in [0.05, 0.1) is 25.3 Å². The lowest BCUT2D eigenvalue weighted by molar-refractivity contribution is 0.321. The largest absolute Gasteiger partial charge is 0.497 e. The molecule has 3 nitrogen and oxygen atoms in total. The summed E-state index contributed by atoms with van der Waals surface area (Å²) in [6, 6.07) is 7.16. The fraction of sp³-hybridized carbons (Fsp3) is 0.250. The Morgan fingerprint density at radius 1 is 1.40 bits per heavy atom. The van der Waals surface area contributed by atoms with Gasteiger partial charge in [-0.2, -0.15) is 5.26 Å². The second-order valence-corrected chi connectivity index (χ2v) is 2.93. The Kier molecular flexibility index (Phi) is 4.24. The van der Waals surface area contributed by atoms with Crippen LogP contribution in [-0.2, 0) is 0 Å². The van der Waals surface area contributed by atoms with Gasteiger partial charge in [0.15, 0.2) is 0 Å². The number of nitrogens with zero attached hydrogens (tertiary/aromatic N) is 1. The summed E-state index contributed by atoms with van der Waals surface area (Å²) >= 11 is 0. The van der Waals surface area contributed by atoms with E-state index in [0.717, 1.165) is 6.42 Å². The van der Waals surface area contributed by atoms with Crippen molar-refractivity contribution >= 4 is 0 Å². The molecule has 0 aromatic heterocycles. The summed E-state index contributed by atoms with van der Waals surface area (Å²) in [5.41, 5.74) is 0.531. The second kappa shape index (κ2) is 5.71. The maximum absolute atomic E-state index is 8.78. The third-order valence-electron chi connectivity index (χ3n) is 1.84. The molecule has 1 aromatic carbocycles. The molecule has 3 heteroatoms. The van der Waals surface area contributed by atoms with Gasteiger partial charge in [-0.1, -0.05) is 6.08 Å². The van der Waals surface area contributed by atoms with Crippen molar-refractivity contribution in [3.8, 4) is 17.6 Å². The summed E-state index contributed by atoms with van der Waals surface area (Å²) in [7, 11) is 1.56. The average Bonchev–Trinajstić information content (AvgIpc) is 2.29. The molecule has 0 unspecified atom stereocenters. The van der Waals surface area contributed by atoms with E-state index in [1.807, 2.05) is 0 Å². The van der Waals surface area contributed by atoms with Crippen LogP contribution in [0.1, 0.15) is 12.0 Å². The molecule has 0 aliphatic rings. The molecular formula is C12H13NO2. The van der Waals surface area contributed by atoms with Crippen molar-refractivity contribution in [3.05, 3.63) is 36.4 Å². The first-order valence-electron chi connectivity index (χ1n) is 4.63. The summed E-state index contributed by atoms with van der Waals surface area (Å²) in [6.07, 6.45) is 2.56. The number of hydrogen-bond acceptors (Lipinski definition) is 3. The molecule has 0 fully saturated rings. The molecule has 0 heterocycles. The zero-order valence-electron chi connectivity index (χ0n) is 8.69. The lowest BCUT2D eigenvalue weighted by Gasteiger charge is -2.07. The summed E-state index contributed by atoms with van der Waals surface area (Å²) in [6.45, 7) is 4.16. The minimum Gasteiger partial charge on any atom is -0.497 e. The highest BCUT2D eigenvalue weighted by Crippen LogP contribution is 2.22. The van der Waals surface area contributed by atoms with E-state index in [-0.39, 0.29) is 0 Å². The fourth-order valence-corrected chi connectivity index (χ4v) is 1.10. The lowest BCUT2D eigenvalue weighted by atomic mass is 10.2. The highest BCUT2D eigenvalue weighted by molar-refractivity contribution is 5.43. The minimum absolute atomic E-state index is 0.531. The Bertz CT molecular complexity index is 380. The van der Waals surface area contributed by atoms with Crippen molar-refractivity contribution in [2.75, 3.05) is 13.7 Å². The number of rotatable bonds is 5. The van der Waals surface area contributed by atoms with Gasteiger partial charge in [0.25, 0.3) is 0 Å². The fourth-order valence-electron chi connectivity index (χ4n) is 1.10. The molecule has 1 rings (SSSR count). The molecule has 0 amide bonds. The molecule has 0 aliphatic carbocycles. The SMILES string of the molecule is C=CCCOc1cc(C#N)cc(OC)c1. The van der Waals surface area contributed by atoms with Crippen molar-refractivity contribution in [3.63, 3.8) is 0 Å². The Labute approximate surface area is 89.6 Å². The van der Waals surface area contributed by atoms with E-state index in [4.69, 9.17) is 14.7 Å². The number of ether oxygens (including phenoxy) is 2. The summed E-state index contributed by atoms with van der Waals surface area (Å²) in [5.74, 6) is 1.27. The molecule has 0 aliphatic heterocycles. The normalized spacial score (nSPS) is 9.07. The minimum atomic E-state index is 0.531. The van der Waals surface area contributed by atoms with E-state index < -0.39 is 0 Å². The van der Waals surface area contributed by atoms with Gasteiger partial charge in [-0.3, -0.25) is 0 Å². The quantitative estimate of drug-likeness (QED) is 0.545. The van der Waals surface area contributed by atoms with Crippen LogP contribution >= 0.6 is 0 Å². The molecule has 0 atom stereocenters. The highest BCUT2D eigenvalue weighted by Gasteiger charge is 2.01. The van der Waals surface area contributed by atoms with Gasteiger partial charge in [0.1, 0.15) is 11.5 Å². The van der Waals surface area contributed by atoms with E-state index >= 15 is 0 Å². The van der Waals surface area contributed by atoms with Gasteiger partial charge >= 0.3 is 0 Å². The van der Waals surface area contributed by atoms with Crippen molar-refractivity contribution in [1.82, 2.24) is 0 Å². The van der Waals surface area contributed by atoms with Crippen molar-refractivity contribution in [1.29, 1.82) is 5.26 Å². The molecule has 1 aromatic rings. The Morgan fingerprint density at radius 2 is 2.13 bits per heavy atom. The van der Waals surface area contributed by atoms with Crippen LogP contribution in [0, 0.1) is 11.3 Å². The van der Waals surface area contributed by atoms with Gasteiger partial charge in [0.2, 0.25) is 0 Å². The first-order valence-corrected chi connectivity index (χ1v) is 4.63. The van der Waals surface area contributed by atoms with Gasteiger partial charge in [-0.05, 0) is 18.6 Å². The van der Waals surface area contributed by atoms with Crippen LogP contribution in [0.2, 0.25) is 0 Å². The Balaban J connectivity index is 2.78. The summed E-state index contributed by atoms with van der Waals surface area (Å²) in [5, 5.41) is 8.78. The monoisotopic (exact) mass is 203 g/mol. The van der Waals surface area contributed by atoms with Crippen molar-refractivity contribution in [2.45, 2.75) is 6.42 Å². The molecule has 0 bridgehead atoms. The smallest absolute Gasteiger partial charge is 0.124 e. The van der Waals surface area contributed by atoms with E-state index in [2.05, 4.69) is 12.6 Å². The first-order chi connectivity index (χ1) is 7.30. The molecular weight excluding hydrogens is 190 g/mol. The van der Waals surface area contributed by atoms with Gasteiger partial charge in [-0.15, -0.1) is 6.58 Å². The molecule has 0 spiro atoms. The van der Waals surface area contributed by atoms with Crippen LogP contribution in [0.25, 0.3) is 0 Å². The molecule has 0 radical (unpaired) electrons. The van der Waals surface area contributed by atoms with E-state index in [1.54, 1.807) is 31.4 Å². The van der Waals surface area contributed by atoms with Crippen LogP contribution in [-0.4, -0.2) is 13.7 Å². The third-order valence-corrected chi connectivity index (χ3v) is 1.84. The van der Waals surface area contributed by atoms with Gasteiger partial charge in [0, 0.05) is 6.07 Å². The van der Waals surface area contributed by atoms with Crippen molar-refractivity contribution < 1.29 is 9.47 Å². The van der Waals surface area contributed by atoms with E-state index in [0.29, 0.717) is 23.7 Å². The third kappa shape index (κ3) is 3.35. The Hall–Kier alpha value is -1.95. The average molecular weight is 203 g/mol. The van der Waals surface area contributed by atoms with E-state index in [9.17, 15) is 0 Å². The number of benzene rings is 1. The second-order valence-electron chi connectivity index (χ2n) is 2.93. The summed E-state index contributed by atoms with van der Waals surface area (Å²) < 4.78 is 10.5. The number of nitriles is 1. The topological polar surface area (TPSA) is 42.2 Å². The zero-order chi connectivity index (χ0) is 11.1. The molecule has 0 N–H and O–H groups in total. The number of methoxy groups -OCH3 is 1. The van der Waals surface area contributed by atoms with Crippen LogP contribution in [0.15, 0.2) is 30.9 Å². The molecule has 15 heavy (non-hydrogen) atoms. The first kappa shape index (κ1) is 11.1. The zero-order valence-corrected chi connectivity index (χ0v) is 8.69. The van der Waals surface area contributed by atoms with Crippen LogP contribution in [0.3, 0.4) is 0 Å². The number of hydrogen-bond donors (Lipinski definition) is 0. The van der Waals surface area contributed by atoms with Crippen LogP contribution in [0.5, 0.6) is 11.5 Å². The Morgan fingerprint density at radius 3 is 2.73 bits per heavy atom. The standard InChI is InChI=1S/C12H13NO2/c1-3-4-5-15-12-7-10(9-13)6-11(8-12)14-2/h3,6-8H,1,4-5H2,2H3.